The third kappa shape index (κ3) is 4.75. The highest BCUT2D eigenvalue weighted by molar-refractivity contribution is 5.67. The quantitative estimate of drug-likeness (QED) is 0.291. The summed E-state index contributed by atoms with van der Waals surface area (Å²) in [7, 11) is 0. The monoisotopic (exact) mass is 475 g/mol. The molecule has 0 aliphatic heterocycles. The van der Waals surface area contributed by atoms with Crippen molar-refractivity contribution in [3.63, 3.8) is 0 Å². The highest BCUT2D eigenvalue weighted by Crippen LogP contribution is 2.34. The minimum Gasteiger partial charge on any atom is -0.389 e. The molecule has 0 fully saturated rings. The topological polar surface area (TPSA) is 50.4 Å². The number of hydrogen-bond donors (Lipinski definition) is 1. The van der Waals surface area contributed by atoms with Gasteiger partial charge in [0.05, 0.1) is 29.1 Å². The van der Waals surface area contributed by atoms with Gasteiger partial charge in [-0.05, 0) is 42.8 Å². The van der Waals surface area contributed by atoms with E-state index < -0.39 is 29.7 Å². The molecule has 0 saturated carbocycles. The normalized spacial score (nSPS) is 12.9. The first-order chi connectivity index (χ1) is 15.9. The number of alkyl halides is 6. The van der Waals surface area contributed by atoms with Crippen molar-refractivity contribution in [1.29, 1.82) is 0 Å². The molecular weight excluding hydrogens is 460 g/mol. The molecule has 1 unspecified atom stereocenters. The smallest absolute Gasteiger partial charge is 0.389 e. The van der Waals surface area contributed by atoms with Crippen molar-refractivity contribution in [3.05, 3.63) is 88.7 Å². The molecule has 0 saturated heterocycles. The summed E-state index contributed by atoms with van der Waals surface area (Å²) in [6.45, 7) is 1.61. The predicted molar refractivity (Wildman–Crippen MR) is 111 cm³/mol. The number of hydrogen-bond acceptors (Lipinski definition) is 3. The van der Waals surface area contributed by atoms with Crippen molar-refractivity contribution in [1.82, 2.24) is 14.6 Å². The molecule has 10 heteroatoms. The fourth-order valence-corrected chi connectivity index (χ4v) is 3.22. The molecule has 4 aromatic rings. The molecule has 0 bridgehead atoms. The summed E-state index contributed by atoms with van der Waals surface area (Å²) in [5.74, 6) is 5.56. The number of aliphatic hydroxyl groups excluding tert-OH is 1. The Hall–Kier alpha value is -3.84. The van der Waals surface area contributed by atoms with Crippen LogP contribution in [0.1, 0.15) is 41.0 Å². The number of aromatic nitrogens is 3. The van der Waals surface area contributed by atoms with Gasteiger partial charge in [0.2, 0.25) is 0 Å². The molecule has 34 heavy (non-hydrogen) atoms. The lowest BCUT2D eigenvalue weighted by Gasteiger charge is -2.12. The van der Waals surface area contributed by atoms with Crippen molar-refractivity contribution >= 4 is 5.65 Å². The molecule has 4 rings (SSSR count). The summed E-state index contributed by atoms with van der Waals surface area (Å²) < 4.78 is 80.2. The Morgan fingerprint density at radius 3 is 2.09 bits per heavy atom. The molecule has 0 radical (unpaired) electrons. The van der Waals surface area contributed by atoms with Crippen LogP contribution in [0.3, 0.4) is 0 Å². The molecule has 0 spiro atoms. The van der Waals surface area contributed by atoms with Crippen LogP contribution >= 0.6 is 0 Å². The number of benzene rings is 2. The van der Waals surface area contributed by atoms with E-state index in [-0.39, 0.29) is 22.5 Å². The van der Waals surface area contributed by atoms with E-state index in [0.717, 1.165) is 36.5 Å². The Morgan fingerprint density at radius 1 is 0.882 bits per heavy atom. The van der Waals surface area contributed by atoms with Gasteiger partial charge in [0.25, 0.3) is 0 Å². The number of halogens is 6. The van der Waals surface area contributed by atoms with Crippen molar-refractivity contribution in [3.8, 4) is 23.1 Å². The Balaban J connectivity index is 1.80. The maximum Gasteiger partial charge on any atom is 0.433 e. The number of fused-ring (bicyclic) bond motifs is 1. The molecule has 0 aliphatic carbocycles. The second kappa shape index (κ2) is 8.50. The van der Waals surface area contributed by atoms with Gasteiger partial charge in [0.1, 0.15) is 0 Å². The van der Waals surface area contributed by atoms with Crippen LogP contribution in [0.4, 0.5) is 26.3 Å². The molecule has 174 valence electrons. The number of nitrogens with zero attached hydrogens (tertiary/aromatic N) is 3. The van der Waals surface area contributed by atoms with E-state index in [1.165, 1.54) is 0 Å². The fourth-order valence-electron chi connectivity index (χ4n) is 3.22. The van der Waals surface area contributed by atoms with Crippen molar-refractivity contribution < 1.29 is 31.4 Å². The maximum absolute atomic E-state index is 13.7. The van der Waals surface area contributed by atoms with Crippen molar-refractivity contribution in [2.24, 2.45) is 0 Å². The molecule has 2 aromatic heterocycles. The van der Waals surface area contributed by atoms with E-state index in [1.54, 1.807) is 31.2 Å². The second-order valence-electron chi connectivity index (χ2n) is 7.44. The largest absolute Gasteiger partial charge is 0.433 e. The first-order valence-electron chi connectivity index (χ1n) is 9.87. The van der Waals surface area contributed by atoms with Crippen LogP contribution in [0.25, 0.3) is 16.9 Å². The zero-order valence-electron chi connectivity index (χ0n) is 17.4. The lowest BCUT2D eigenvalue weighted by atomic mass is 10.1. The lowest BCUT2D eigenvalue weighted by molar-refractivity contribution is -0.142. The van der Waals surface area contributed by atoms with Crippen LogP contribution in [-0.4, -0.2) is 19.7 Å². The van der Waals surface area contributed by atoms with E-state index in [9.17, 15) is 31.4 Å². The van der Waals surface area contributed by atoms with Crippen LogP contribution in [-0.2, 0) is 12.4 Å². The second-order valence-corrected chi connectivity index (χ2v) is 7.44. The Kier molecular flexibility index (Phi) is 5.83. The van der Waals surface area contributed by atoms with Gasteiger partial charge in [0, 0.05) is 11.1 Å². The van der Waals surface area contributed by atoms with E-state index in [0.29, 0.717) is 15.6 Å². The standard InChI is InChI=1S/C24H15F6N3O/c1-14(34)16-5-2-15(3-6-16)4-7-18-13-31-33-21(24(28,29)30)12-20(32-22(18)33)17-8-10-19(11-9-17)23(25,26)27/h2-3,5-6,8-14,34H,1H3. The van der Waals surface area contributed by atoms with Gasteiger partial charge in [0.15, 0.2) is 11.3 Å². The van der Waals surface area contributed by atoms with E-state index in [1.807, 2.05) is 0 Å². The number of aliphatic hydroxyl groups is 1. The summed E-state index contributed by atoms with van der Waals surface area (Å²) >= 11 is 0. The first-order valence-corrected chi connectivity index (χ1v) is 9.87. The molecule has 0 aliphatic rings. The first kappa shape index (κ1) is 23.3. The average molecular weight is 475 g/mol. The highest BCUT2D eigenvalue weighted by Gasteiger charge is 2.36. The summed E-state index contributed by atoms with van der Waals surface area (Å²) in [5.41, 5.74) is -0.990. The van der Waals surface area contributed by atoms with Gasteiger partial charge in [-0.3, -0.25) is 0 Å². The van der Waals surface area contributed by atoms with E-state index in [4.69, 9.17) is 0 Å². The van der Waals surface area contributed by atoms with Gasteiger partial charge < -0.3 is 5.11 Å². The van der Waals surface area contributed by atoms with Crippen LogP contribution in [0.15, 0.2) is 60.8 Å². The molecule has 1 atom stereocenters. The van der Waals surface area contributed by atoms with Crippen molar-refractivity contribution in [2.75, 3.05) is 0 Å². The summed E-state index contributed by atoms with van der Waals surface area (Å²) in [5, 5.41) is 13.3. The zero-order chi connectivity index (χ0) is 24.7. The third-order valence-electron chi connectivity index (χ3n) is 5.00. The SMILES string of the molecule is CC(O)c1ccc(C#Cc2cnn3c(C(F)(F)F)cc(-c4ccc(C(F)(F)F)cc4)nc23)cc1. The lowest BCUT2D eigenvalue weighted by Crippen LogP contribution is -2.13. The summed E-state index contributed by atoms with van der Waals surface area (Å²) in [6.07, 6.45) is -8.88. The van der Waals surface area contributed by atoms with Gasteiger partial charge in [-0.2, -0.15) is 31.4 Å². The fraction of sp³-hybridized carbons (Fsp3) is 0.167. The van der Waals surface area contributed by atoms with Gasteiger partial charge in [-0.1, -0.05) is 36.1 Å². The van der Waals surface area contributed by atoms with Gasteiger partial charge in [-0.15, -0.1) is 0 Å². The molecule has 0 amide bonds. The van der Waals surface area contributed by atoms with Gasteiger partial charge >= 0.3 is 12.4 Å². The molecule has 4 nitrogen and oxygen atoms in total. The van der Waals surface area contributed by atoms with E-state index >= 15 is 0 Å². The molecular formula is C24H15F6N3O. The van der Waals surface area contributed by atoms with Crippen molar-refractivity contribution in [2.45, 2.75) is 25.4 Å². The predicted octanol–water partition coefficient (Wildman–Crippen LogP) is 5.89. The summed E-state index contributed by atoms with van der Waals surface area (Å²) in [4.78, 5) is 4.20. The maximum atomic E-state index is 13.7. The highest BCUT2D eigenvalue weighted by atomic mass is 19.4. The average Bonchev–Trinajstić information content (AvgIpc) is 3.19. The minimum atomic E-state index is -4.80. The third-order valence-corrected chi connectivity index (χ3v) is 5.00. The Bertz CT molecular complexity index is 1390. The minimum absolute atomic E-state index is 0.0785. The van der Waals surface area contributed by atoms with Crippen LogP contribution in [0, 0.1) is 11.8 Å². The van der Waals surface area contributed by atoms with Crippen LogP contribution in [0.5, 0.6) is 0 Å². The van der Waals surface area contributed by atoms with Crippen LogP contribution in [0.2, 0.25) is 0 Å². The Labute approximate surface area is 189 Å². The zero-order valence-corrected chi connectivity index (χ0v) is 17.4. The Morgan fingerprint density at radius 2 is 1.53 bits per heavy atom. The van der Waals surface area contributed by atoms with Crippen LogP contribution < -0.4 is 0 Å². The van der Waals surface area contributed by atoms with Gasteiger partial charge in [-0.25, -0.2) is 9.50 Å². The molecule has 2 heterocycles. The molecule has 1 N–H and O–H groups in total. The summed E-state index contributed by atoms with van der Waals surface area (Å²) in [6, 6.07) is 11.1. The van der Waals surface area contributed by atoms with E-state index in [2.05, 4.69) is 21.9 Å². The number of rotatable bonds is 2. The molecule has 2 aromatic carbocycles.